The number of hydrogen-bond donors (Lipinski definition) is 2. The molecule has 1 aliphatic carbocycles. The van der Waals surface area contributed by atoms with Gasteiger partial charge in [-0.05, 0) is 12.8 Å². The van der Waals surface area contributed by atoms with E-state index >= 15 is 0 Å². The van der Waals surface area contributed by atoms with Gasteiger partial charge in [-0.1, -0.05) is 30.8 Å². The number of nitrogens with zero attached hydrogens (tertiary/aromatic N) is 1. The average molecular weight is 282 g/mol. The van der Waals surface area contributed by atoms with Crippen LogP contribution in [-0.4, -0.2) is 35.4 Å². The van der Waals surface area contributed by atoms with E-state index in [1.807, 2.05) is 0 Å². The molecule has 0 atom stereocenters. The van der Waals surface area contributed by atoms with Crippen LogP contribution in [0.5, 0.6) is 0 Å². The molecule has 0 saturated heterocycles. The molecule has 0 aliphatic heterocycles. The summed E-state index contributed by atoms with van der Waals surface area (Å²) in [6.45, 7) is 0.544. The maximum atomic E-state index is 11.9. The molecule has 6 heteroatoms. The zero-order valence-corrected chi connectivity index (χ0v) is 11.9. The molecule has 0 bridgehead atoms. The molecule has 0 spiro atoms. The molecule has 1 aliphatic rings. The van der Waals surface area contributed by atoms with Crippen LogP contribution in [0.4, 0.5) is 0 Å². The molecule has 0 radical (unpaired) electrons. The number of ether oxygens (including phenoxy) is 1. The number of aliphatic hydroxyl groups is 1. The number of amides is 1. The van der Waals surface area contributed by atoms with E-state index in [4.69, 9.17) is 9.26 Å². The minimum Gasteiger partial charge on any atom is -0.388 e. The van der Waals surface area contributed by atoms with E-state index in [-0.39, 0.29) is 24.8 Å². The van der Waals surface area contributed by atoms with Crippen molar-refractivity contribution in [3.63, 3.8) is 0 Å². The second kappa shape index (κ2) is 6.85. The first kappa shape index (κ1) is 15.0. The maximum Gasteiger partial charge on any atom is 0.273 e. The zero-order chi connectivity index (χ0) is 14.4. The number of methoxy groups -OCH3 is 1. The fourth-order valence-electron chi connectivity index (χ4n) is 2.53. The smallest absolute Gasteiger partial charge is 0.273 e. The third kappa shape index (κ3) is 4.05. The van der Waals surface area contributed by atoms with Crippen molar-refractivity contribution in [2.45, 2.75) is 50.7 Å². The highest BCUT2D eigenvalue weighted by Crippen LogP contribution is 2.26. The summed E-state index contributed by atoms with van der Waals surface area (Å²) in [6.07, 6.45) is 5.80. The number of hydrogen-bond acceptors (Lipinski definition) is 5. The Morgan fingerprint density at radius 2 is 2.15 bits per heavy atom. The van der Waals surface area contributed by atoms with Gasteiger partial charge in [0.05, 0.1) is 5.60 Å². The van der Waals surface area contributed by atoms with Crippen molar-refractivity contribution in [1.29, 1.82) is 0 Å². The molecule has 1 aromatic rings. The summed E-state index contributed by atoms with van der Waals surface area (Å²) in [5, 5.41) is 16.9. The minimum atomic E-state index is -0.786. The van der Waals surface area contributed by atoms with Crippen molar-refractivity contribution in [1.82, 2.24) is 10.5 Å². The number of nitrogens with one attached hydrogen (secondary N) is 1. The van der Waals surface area contributed by atoms with Gasteiger partial charge in [-0.15, -0.1) is 0 Å². The van der Waals surface area contributed by atoms with Gasteiger partial charge in [-0.3, -0.25) is 4.79 Å². The molecule has 0 unspecified atom stereocenters. The molecule has 6 nitrogen and oxygen atoms in total. The standard InChI is InChI=1S/C14H22N2O4/c1-19-9-11-8-12(16-20-11)13(17)15-10-14(18)6-4-2-3-5-7-14/h8,18H,2-7,9-10H2,1H3,(H,15,17). The van der Waals surface area contributed by atoms with Crippen LogP contribution in [-0.2, 0) is 11.3 Å². The van der Waals surface area contributed by atoms with Crippen molar-refractivity contribution in [2.75, 3.05) is 13.7 Å². The van der Waals surface area contributed by atoms with Crippen molar-refractivity contribution < 1.29 is 19.2 Å². The molecule has 0 aromatic carbocycles. The first-order chi connectivity index (χ1) is 9.63. The lowest BCUT2D eigenvalue weighted by Crippen LogP contribution is -2.42. The van der Waals surface area contributed by atoms with E-state index in [9.17, 15) is 9.90 Å². The van der Waals surface area contributed by atoms with Crippen LogP contribution in [0.3, 0.4) is 0 Å². The zero-order valence-electron chi connectivity index (χ0n) is 11.9. The van der Waals surface area contributed by atoms with Gasteiger partial charge in [0, 0.05) is 19.7 Å². The van der Waals surface area contributed by atoms with Gasteiger partial charge < -0.3 is 19.7 Å². The van der Waals surface area contributed by atoms with Crippen LogP contribution in [0, 0.1) is 0 Å². The molecule has 1 heterocycles. The maximum absolute atomic E-state index is 11.9. The van der Waals surface area contributed by atoms with Gasteiger partial charge in [0.2, 0.25) is 0 Å². The number of aromatic nitrogens is 1. The van der Waals surface area contributed by atoms with Gasteiger partial charge in [0.1, 0.15) is 6.61 Å². The van der Waals surface area contributed by atoms with Crippen molar-refractivity contribution in [3.05, 3.63) is 17.5 Å². The molecular formula is C14H22N2O4. The Kier molecular flexibility index (Phi) is 5.14. The number of carbonyl (C=O) groups excluding carboxylic acids is 1. The summed E-state index contributed by atoms with van der Waals surface area (Å²) in [7, 11) is 1.55. The van der Waals surface area contributed by atoms with Crippen LogP contribution < -0.4 is 5.32 Å². The Balaban J connectivity index is 1.87. The molecule has 1 amide bonds. The van der Waals surface area contributed by atoms with Crippen molar-refractivity contribution in [3.8, 4) is 0 Å². The summed E-state index contributed by atoms with van der Waals surface area (Å²) in [4.78, 5) is 11.9. The van der Waals surface area contributed by atoms with E-state index in [1.165, 1.54) is 0 Å². The lowest BCUT2D eigenvalue weighted by Gasteiger charge is -2.26. The fourth-order valence-corrected chi connectivity index (χ4v) is 2.53. The molecule has 112 valence electrons. The third-order valence-corrected chi connectivity index (χ3v) is 3.69. The lowest BCUT2D eigenvalue weighted by molar-refractivity contribution is 0.0245. The Morgan fingerprint density at radius 3 is 2.80 bits per heavy atom. The first-order valence-corrected chi connectivity index (χ1v) is 7.08. The monoisotopic (exact) mass is 282 g/mol. The highest BCUT2D eigenvalue weighted by molar-refractivity contribution is 5.92. The summed E-state index contributed by atoms with van der Waals surface area (Å²) in [6, 6.07) is 1.55. The second-order valence-corrected chi connectivity index (χ2v) is 5.43. The van der Waals surface area contributed by atoms with Gasteiger partial charge in [-0.2, -0.15) is 0 Å². The van der Waals surface area contributed by atoms with Crippen LogP contribution in [0.1, 0.15) is 54.8 Å². The van der Waals surface area contributed by atoms with Gasteiger partial charge in [0.25, 0.3) is 5.91 Å². The highest BCUT2D eigenvalue weighted by atomic mass is 16.5. The Labute approximate surface area is 118 Å². The summed E-state index contributed by atoms with van der Waals surface area (Å²) in [5.74, 6) is 0.180. The molecule has 1 fully saturated rings. The average Bonchev–Trinajstić information content (AvgIpc) is 2.79. The summed E-state index contributed by atoms with van der Waals surface area (Å²) in [5.41, 5.74) is -0.570. The topological polar surface area (TPSA) is 84.6 Å². The fraction of sp³-hybridized carbons (Fsp3) is 0.714. The summed E-state index contributed by atoms with van der Waals surface area (Å²) < 4.78 is 9.87. The second-order valence-electron chi connectivity index (χ2n) is 5.43. The minimum absolute atomic E-state index is 0.217. The molecular weight excluding hydrogens is 260 g/mol. The van der Waals surface area contributed by atoms with Crippen molar-refractivity contribution >= 4 is 5.91 Å². The lowest BCUT2D eigenvalue weighted by atomic mass is 9.94. The normalized spacial score (nSPS) is 18.5. The Hall–Kier alpha value is -1.40. The van der Waals surface area contributed by atoms with Gasteiger partial charge >= 0.3 is 0 Å². The Bertz CT molecular complexity index is 436. The molecule has 20 heavy (non-hydrogen) atoms. The van der Waals surface area contributed by atoms with E-state index in [2.05, 4.69) is 10.5 Å². The molecule has 2 N–H and O–H groups in total. The number of rotatable bonds is 5. The van der Waals surface area contributed by atoms with Crippen LogP contribution in [0.15, 0.2) is 10.6 Å². The predicted molar refractivity (Wildman–Crippen MR) is 72.2 cm³/mol. The van der Waals surface area contributed by atoms with Crippen molar-refractivity contribution in [2.24, 2.45) is 0 Å². The molecule has 2 rings (SSSR count). The Morgan fingerprint density at radius 1 is 1.45 bits per heavy atom. The summed E-state index contributed by atoms with van der Waals surface area (Å²) >= 11 is 0. The van der Waals surface area contributed by atoms with Gasteiger partial charge in [-0.25, -0.2) is 0 Å². The van der Waals surface area contributed by atoms with E-state index < -0.39 is 5.60 Å². The third-order valence-electron chi connectivity index (χ3n) is 3.69. The van der Waals surface area contributed by atoms with Crippen LogP contribution >= 0.6 is 0 Å². The highest BCUT2D eigenvalue weighted by Gasteiger charge is 2.28. The van der Waals surface area contributed by atoms with Crippen LogP contribution in [0.2, 0.25) is 0 Å². The number of carbonyl (C=O) groups is 1. The van der Waals surface area contributed by atoms with E-state index in [0.29, 0.717) is 5.76 Å². The SMILES string of the molecule is COCc1cc(C(=O)NCC2(O)CCCCCC2)no1. The van der Waals surface area contributed by atoms with E-state index in [1.54, 1.807) is 13.2 Å². The van der Waals surface area contributed by atoms with Crippen LogP contribution in [0.25, 0.3) is 0 Å². The van der Waals surface area contributed by atoms with Gasteiger partial charge in [0.15, 0.2) is 11.5 Å². The molecule has 1 saturated carbocycles. The molecule has 1 aromatic heterocycles. The first-order valence-electron chi connectivity index (χ1n) is 7.08. The largest absolute Gasteiger partial charge is 0.388 e. The quantitative estimate of drug-likeness (QED) is 0.802. The van der Waals surface area contributed by atoms with E-state index in [0.717, 1.165) is 38.5 Å². The predicted octanol–water partition coefficient (Wildman–Crippen LogP) is 1.64.